The Morgan fingerprint density at radius 3 is 1.67 bits per heavy atom. The molecule has 1 nitrogen and oxygen atoms in total. The molecule has 0 saturated carbocycles. The average molecular weight is 265 g/mol. The standard InChI is InChI=1S/C11H5F6N/c12-10(13,14)8-4-7(2-1-3-18)5-9(6-8)11(15,16)17/h1-2,4-6H/b2-1+. The van der Waals surface area contributed by atoms with E-state index in [0.29, 0.717) is 12.1 Å². The Labute approximate surface area is 98.0 Å². The molecule has 0 unspecified atom stereocenters. The maximum atomic E-state index is 12.4. The van der Waals surface area contributed by atoms with E-state index in [4.69, 9.17) is 5.26 Å². The zero-order valence-corrected chi connectivity index (χ0v) is 8.60. The molecule has 0 aliphatic heterocycles. The Balaban J connectivity index is 3.40. The molecule has 96 valence electrons. The number of alkyl halides is 6. The van der Waals surface area contributed by atoms with E-state index in [-0.39, 0.29) is 11.6 Å². The largest absolute Gasteiger partial charge is 0.416 e. The zero-order chi connectivity index (χ0) is 14.0. The van der Waals surface area contributed by atoms with Gasteiger partial charge in [-0.1, -0.05) is 0 Å². The molecular weight excluding hydrogens is 260 g/mol. The van der Waals surface area contributed by atoms with Crippen LogP contribution in [0.15, 0.2) is 24.3 Å². The third-order valence-electron chi connectivity index (χ3n) is 1.96. The van der Waals surface area contributed by atoms with Gasteiger partial charge in [0.15, 0.2) is 0 Å². The Morgan fingerprint density at radius 2 is 1.33 bits per heavy atom. The number of nitriles is 1. The van der Waals surface area contributed by atoms with Gasteiger partial charge in [-0.25, -0.2) is 0 Å². The van der Waals surface area contributed by atoms with E-state index in [1.807, 2.05) is 0 Å². The highest BCUT2D eigenvalue weighted by Gasteiger charge is 2.36. The van der Waals surface area contributed by atoms with Crippen molar-refractivity contribution in [2.24, 2.45) is 0 Å². The van der Waals surface area contributed by atoms with Crippen molar-refractivity contribution in [2.75, 3.05) is 0 Å². The molecular formula is C11H5F6N. The maximum Gasteiger partial charge on any atom is 0.416 e. The van der Waals surface area contributed by atoms with Crippen LogP contribution >= 0.6 is 0 Å². The van der Waals surface area contributed by atoms with Crippen molar-refractivity contribution in [3.05, 3.63) is 41.0 Å². The lowest BCUT2D eigenvalue weighted by molar-refractivity contribution is -0.143. The van der Waals surface area contributed by atoms with Gasteiger partial charge in [-0.3, -0.25) is 0 Å². The summed E-state index contributed by atoms with van der Waals surface area (Å²) in [4.78, 5) is 0. The Hall–Kier alpha value is -1.97. The van der Waals surface area contributed by atoms with Crippen molar-refractivity contribution in [2.45, 2.75) is 12.4 Å². The highest BCUT2D eigenvalue weighted by atomic mass is 19.4. The van der Waals surface area contributed by atoms with E-state index < -0.39 is 23.5 Å². The number of hydrogen-bond acceptors (Lipinski definition) is 1. The van der Waals surface area contributed by atoms with E-state index in [1.165, 1.54) is 6.07 Å². The molecule has 0 saturated heterocycles. The quantitative estimate of drug-likeness (QED) is 0.549. The predicted molar refractivity (Wildman–Crippen MR) is 51.1 cm³/mol. The first kappa shape index (κ1) is 14.1. The minimum Gasteiger partial charge on any atom is -0.193 e. The number of benzene rings is 1. The van der Waals surface area contributed by atoms with Crippen molar-refractivity contribution in [3.8, 4) is 6.07 Å². The lowest BCUT2D eigenvalue weighted by Gasteiger charge is -2.12. The monoisotopic (exact) mass is 265 g/mol. The topological polar surface area (TPSA) is 23.8 Å². The van der Waals surface area contributed by atoms with Crippen LogP contribution in [0.4, 0.5) is 26.3 Å². The molecule has 1 aromatic rings. The molecule has 0 bridgehead atoms. The fourth-order valence-corrected chi connectivity index (χ4v) is 1.21. The second kappa shape index (κ2) is 4.72. The second-order valence-electron chi connectivity index (χ2n) is 3.30. The predicted octanol–water partition coefficient (Wildman–Crippen LogP) is 4.26. The Kier molecular flexibility index (Phi) is 3.70. The molecule has 1 rings (SSSR count). The summed E-state index contributed by atoms with van der Waals surface area (Å²) in [6.45, 7) is 0. The summed E-state index contributed by atoms with van der Waals surface area (Å²) >= 11 is 0. The van der Waals surface area contributed by atoms with E-state index in [9.17, 15) is 26.3 Å². The third-order valence-corrected chi connectivity index (χ3v) is 1.96. The summed E-state index contributed by atoms with van der Waals surface area (Å²) in [5, 5.41) is 8.20. The molecule has 0 aliphatic carbocycles. The van der Waals surface area contributed by atoms with E-state index in [1.54, 1.807) is 0 Å². The van der Waals surface area contributed by atoms with Crippen LogP contribution in [0.25, 0.3) is 6.08 Å². The van der Waals surface area contributed by atoms with Gasteiger partial charge in [0, 0.05) is 6.08 Å². The van der Waals surface area contributed by atoms with Crippen molar-refractivity contribution < 1.29 is 26.3 Å². The van der Waals surface area contributed by atoms with Gasteiger partial charge in [-0.05, 0) is 29.8 Å². The summed E-state index contributed by atoms with van der Waals surface area (Å²) in [5.74, 6) is 0. The SMILES string of the molecule is N#C/C=C/c1cc(C(F)(F)F)cc(C(F)(F)F)c1. The van der Waals surface area contributed by atoms with Crippen LogP contribution in [0.5, 0.6) is 0 Å². The number of allylic oxidation sites excluding steroid dienone is 1. The number of hydrogen-bond donors (Lipinski definition) is 0. The van der Waals surface area contributed by atoms with Gasteiger partial charge in [0.25, 0.3) is 0 Å². The molecule has 0 fully saturated rings. The van der Waals surface area contributed by atoms with Gasteiger partial charge >= 0.3 is 12.4 Å². The van der Waals surface area contributed by atoms with E-state index in [2.05, 4.69) is 0 Å². The molecule has 1 aromatic carbocycles. The number of halogens is 6. The Morgan fingerprint density at radius 1 is 0.889 bits per heavy atom. The van der Waals surface area contributed by atoms with Gasteiger partial charge in [0.05, 0.1) is 17.2 Å². The lowest BCUT2D eigenvalue weighted by Crippen LogP contribution is -2.11. The van der Waals surface area contributed by atoms with Gasteiger partial charge < -0.3 is 0 Å². The smallest absolute Gasteiger partial charge is 0.193 e. The summed E-state index contributed by atoms with van der Waals surface area (Å²) < 4.78 is 74.4. The van der Waals surface area contributed by atoms with Gasteiger partial charge in [0.1, 0.15) is 0 Å². The normalized spacial score (nSPS) is 12.7. The third kappa shape index (κ3) is 3.52. The number of nitrogens with zero attached hydrogens (tertiary/aromatic N) is 1. The maximum absolute atomic E-state index is 12.4. The average Bonchev–Trinajstić information content (AvgIpc) is 2.23. The van der Waals surface area contributed by atoms with Gasteiger partial charge in [-0.2, -0.15) is 31.6 Å². The van der Waals surface area contributed by atoms with Crippen LogP contribution in [0.3, 0.4) is 0 Å². The van der Waals surface area contributed by atoms with Crippen LogP contribution < -0.4 is 0 Å². The highest BCUT2D eigenvalue weighted by molar-refractivity contribution is 5.54. The van der Waals surface area contributed by atoms with Crippen molar-refractivity contribution in [1.82, 2.24) is 0 Å². The minimum absolute atomic E-state index is 0.0315. The van der Waals surface area contributed by atoms with Crippen LogP contribution in [0.1, 0.15) is 16.7 Å². The molecule has 0 atom stereocenters. The van der Waals surface area contributed by atoms with E-state index >= 15 is 0 Å². The van der Waals surface area contributed by atoms with Crippen LogP contribution in [0, 0.1) is 11.3 Å². The Bertz CT molecular complexity index is 471. The molecule has 0 aromatic heterocycles. The van der Waals surface area contributed by atoms with Crippen LogP contribution in [0.2, 0.25) is 0 Å². The summed E-state index contributed by atoms with van der Waals surface area (Å²) in [6, 6.07) is 2.61. The summed E-state index contributed by atoms with van der Waals surface area (Å²) in [5.41, 5.74) is -3.15. The summed E-state index contributed by atoms with van der Waals surface area (Å²) in [6.07, 6.45) is -8.08. The molecule has 0 aliphatic rings. The molecule has 0 heterocycles. The van der Waals surface area contributed by atoms with Crippen molar-refractivity contribution >= 4 is 6.08 Å². The molecule has 0 amide bonds. The molecule has 0 spiro atoms. The van der Waals surface area contributed by atoms with Crippen molar-refractivity contribution in [3.63, 3.8) is 0 Å². The first-order chi connectivity index (χ1) is 8.14. The van der Waals surface area contributed by atoms with Crippen LogP contribution in [-0.2, 0) is 12.4 Å². The highest BCUT2D eigenvalue weighted by Crippen LogP contribution is 2.36. The van der Waals surface area contributed by atoms with Crippen molar-refractivity contribution in [1.29, 1.82) is 5.26 Å². The molecule has 7 heteroatoms. The zero-order valence-electron chi connectivity index (χ0n) is 8.60. The fraction of sp³-hybridized carbons (Fsp3) is 0.182. The molecule has 0 N–H and O–H groups in total. The first-order valence-corrected chi connectivity index (χ1v) is 4.50. The fourth-order valence-electron chi connectivity index (χ4n) is 1.21. The minimum atomic E-state index is -4.88. The second-order valence-corrected chi connectivity index (χ2v) is 3.30. The van der Waals surface area contributed by atoms with Gasteiger partial charge in [0.2, 0.25) is 0 Å². The van der Waals surface area contributed by atoms with Gasteiger partial charge in [-0.15, -0.1) is 0 Å². The number of rotatable bonds is 1. The summed E-state index contributed by atoms with van der Waals surface area (Å²) in [7, 11) is 0. The molecule has 0 radical (unpaired) electrons. The van der Waals surface area contributed by atoms with E-state index in [0.717, 1.165) is 12.2 Å². The molecule has 18 heavy (non-hydrogen) atoms. The first-order valence-electron chi connectivity index (χ1n) is 4.50. The lowest BCUT2D eigenvalue weighted by atomic mass is 10.0. The van der Waals surface area contributed by atoms with Crippen LogP contribution in [-0.4, -0.2) is 0 Å².